The molecule has 55 heavy (non-hydrogen) atoms. The average Bonchev–Trinajstić information content (AvgIpc) is 3.37. The number of carbonyl (C=O) groups excluding carboxylic acids is 2. The van der Waals surface area contributed by atoms with Gasteiger partial charge in [-0.1, -0.05) is 94.7 Å². The fourth-order valence-electron chi connectivity index (χ4n) is 7.50. The molecular weight excluding hydrogens is 830 g/mol. The van der Waals surface area contributed by atoms with Crippen LogP contribution in [0.25, 0.3) is 0 Å². The highest BCUT2D eigenvalue weighted by Gasteiger charge is 2.24. The second kappa shape index (κ2) is 27.8. The van der Waals surface area contributed by atoms with Gasteiger partial charge in [0.2, 0.25) is 11.8 Å². The van der Waals surface area contributed by atoms with E-state index in [0.29, 0.717) is 31.2 Å². The van der Waals surface area contributed by atoms with Crippen LogP contribution in [0.15, 0.2) is 48.5 Å². The third-order valence-electron chi connectivity index (χ3n) is 10.8. The minimum atomic E-state index is -0.329. The molecule has 1 N–H and O–H groups in total. The van der Waals surface area contributed by atoms with Gasteiger partial charge in [0.15, 0.2) is 0 Å². The molecule has 2 aromatic carbocycles. The molecule has 0 unspecified atom stereocenters. The number of benzene rings is 2. The summed E-state index contributed by atoms with van der Waals surface area (Å²) in [6.07, 6.45) is 19.3. The van der Waals surface area contributed by atoms with Gasteiger partial charge in [0.1, 0.15) is 0 Å². The summed E-state index contributed by atoms with van der Waals surface area (Å²) in [5.74, 6) is 0.915. The number of carbonyl (C=O) groups is 2. The van der Waals surface area contributed by atoms with Crippen molar-refractivity contribution >= 4 is 55.0 Å². The molecular formula is C42H63Br2N5O6. The topological polar surface area (TPSA) is 139 Å². The van der Waals surface area contributed by atoms with Crippen molar-refractivity contribution in [3.05, 3.63) is 79.9 Å². The van der Waals surface area contributed by atoms with E-state index in [1.54, 1.807) is 36.4 Å². The van der Waals surface area contributed by atoms with Crippen LogP contribution in [0.4, 0.5) is 11.4 Å². The number of nitrogens with one attached hydrogen (secondary N) is 1. The summed E-state index contributed by atoms with van der Waals surface area (Å²) in [6.45, 7) is 5.80. The highest BCUT2D eigenvalue weighted by molar-refractivity contribution is 9.09. The quantitative estimate of drug-likeness (QED) is 0.0513. The minimum Gasteiger partial charge on any atom is -0.317 e. The highest BCUT2D eigenvalue weighted by Crippen LogP contribution is 2.30. The number of hydrogen-bond acceptors (Lipinski definition) is 8. The number of halogens is 2. The van der Waals surface area contributed by atoms with Gasteiger partial charge < -0.3 is 10.2 Å². The Balaban J connectivity index is 0.000000278. The Labute approximate surface area is 345 Å². The summed E-state index contributed by atoms with van der Waals surface area (Å²) in [5.41, 5.74) is 2.58. The van der Waals surface area contributed by atoms with E-state index < -0.39 is 0 Å². The molecule has 3 saturated heterocycles. The van der Waals surface area contributed by atoms with Crippen LogP contribution in [-0.2, 0) is 9.59 Å². The van der Waals surface area contributed by atoms with Gasteiger partial charge in [0.25, 0.3) is 11.4 Å². The van der Waals surface area contributed by atoms with Gasteiger partial charge in [-0.15, -0.1) is 0 Å². The van der Waals surface area contributed by atoms with Crippen LogP contribution in [0.5, 0.6) is 0 Å². The maximum absolute atomic E-state index is 12.0. The third kappa shape index (κ3) is 18.4. The zero-order valence-corrected chi connectivity index (χ0v) is 35.8. The van der Waals surface area contributed by atoms with Crippen molar-refractivity contribution in [2.24, 2.45) is 0 Å². The lowest BCUT2D eigenvalue weighted by molar-refractivity contribution is -0.385. The van der Waals surface area contributed by atoms with Gasteiger partial charge >= 0.3 is 0 Å². The Bertz CT molecular complexity index is 1410. The number of nitro groups is 2. The summed E-state index contributed by atoms with van der Waals surface area (Å²) >= 11 is 6.82. The minimum absolute atomic E-state index is 0.0102. The zero-order valence-electron chi connectivity index (χ0n) is 32.7. The Morgan fingerprint density at radius 2 is 1.05 bits per heavy atom. The van der Waals surface area contributed by atoms with Crippen molar-refractivity contribution in [1.82, 2.24) is 15.1 Å². The number of unbranched alkanes of at least 4 members (excludes halogenated alkanes) is 8. The summed E-state index contributed by atoms with van der Waals surface area (Å²) in [4.78, 5) is 49.0. The van der Waals surface area contributed by atoms with Gasteiger partial charge in [0.05, 0.1) is 9.85 Å². The highest BCUT2D eigenvalue weighted by atomic mass is 79.9. The molecule has 306 valence electrons. The van der Waals surface area contributed by atoms with Crippen molar-refractivity contribution in [2.75, 3.05) is 49.9 Å². The molecule has 3 heterocycles. The van der Waals surface area contributed by atoms with Crippen molar-refractivity contribution < 1.29 is 19.4 Å². The monoisotopic (exact) mass is 891 g/mol. The molecule has 3 fully saturated rings. The standard InChI is InChI=1S/C24H35N3O4.C11H14N2O2.C7H14Br2/c28-23-11-4-5-12-24(29)26(23)16-7-3-1-2-6-15-25-17-13-20(14-18-25)21-9-8-10-22(19-21)27(30)31;14-13(15)11-3-1-2-10(8-11)9-4-6-12-7-5-9;8-6-4-2-1-3-5-7-9/h8-10,19-20H,1-7,11-18H2;1-3,8-9,12H,4-7H2;1-7H2. The summed E-state index contributed by atoms with van der Waals surface area (Å²) in [6, 6.07) is 14.1. The fraction of sp³-hybridized carbons (Fsp3) is 0.667. The van der Waals surface area contributed by atoms with Gasteiger partial charge in [-0.3, -0.25) is 34.7 Å². The predicted octanol–water partition coefficient (Wildman–Crippen LogP) is 10.4. The lowest BCUT2D eigenvalue weighted by Crippen LogP contribution is -2.35. The second-order valence-electron chi connectivity index (χ2n) is 14.9. The van der Waals surface area contributed by atoms with Crippen LogP contribution < -0.4 is 5.32 Å². The molecule has 5 rings (SSSR count). The van der Waals surface area contributed by atoms with E-state index in [0.717, 1.165) is 102 Å². The summed E-state index contributed by atoms with van der Waals surface area (Å²) in [7, 11) is 0. The molecule has 3 aliphatic heterocycles. The molecule has 0 bridgehead atoms. The Kier molecular flexibility index (Phi) is 23.6. The van der Waals surface area contributed by atoms with Crippen LogP contribution in [0.2, 0.25) is 0 Å². The van der Waals surface area contributed by atoms with Crippen LogP contribution in [-0.4, -0.2) is 81.4 Å². The smallest absolute Gasteiger partial charge is 0.269 e. The Morgan fingerprint density at radius 3 is 1.53 bits per heavy atom. The lowest BCUT2D eigenvalue weighted by Gasteiger charge is -2.32. The van der Waals surface area contributed by atoms with E-state index in [2.05, 4.69) is 42.1 Å². The number of imide groups is 1. The molecule has 0 radical (unpaired) electrons. The first-order valence-electron chi connectivity index (χ1n) is 20.6. The van der Waals surface area contributed by atoms with E-state index in [4.69, 9.17) is 0 Å². The molecule has 0 saturated carbocycles. The maximum atomic E-state index is 12.0. The van der Waals surface area contributed by atoms with Crippen LogP contribution in [0, 0.1) is 20.2 Å². The first-order chi connectivity index (χ1) is 26.7. The molecule has 2 amide bonds. The second-order valence-corrected chi connectivity index (χ2v) is 16.5. The SMILES string of the molecule is BrCCCCCCCBr.O=C1CCCCC(=O)N1CCCCCCCN1CCC(c2cccc([N+](=O)[O-])c2)CC1.O=[N+]([O-])c1cccc(C2CCNCC2)c1. The molecule has 0 spiro atoms. The number of non-ortho nitro benzene ring substituents is 2. The van der Waals surface area contributed by atoms with E-state index in [9.17, 15) is 29.8 Å². The number of likely N-dealkylation sites (tertiary alicyclic amines) is 2. The van der Waals surface area contributed by atoms with E-state index >= 15 is 0 Å². The van der Waals surface area contributed by atoms with Gasteiger partial charge in [0, 0.05) is 54.3 Å². The third-order valence-corrected chi connectivity index (χ3v) is 11.9. The number of alkyl halides is 2. The normalized spacial score (nSPS) is 17.1. The molecule has 0 aromatic heterocycles. The first-order valence-corrected chi connectivity index (χ1v) is 22.8. The molecule has 13 heteroatoms. The predicted molar refractivity (Wildman–Crippen MR) is 228 cm³/mol. The van der Waals surface area contributed by atoms with Crippen molar-refractivity contribution in [3.8, 4) is 0 Å². The Morgan fingerprint density at radius 1 is 0.618 bits per heavy atom. The summed E-state index contributed by atoms with van der Waals surface area (Å²) < 4.78 is 0. The maximum Gasteiger partial charge on any atom is 0.269 e. The van der Waals surface area contributed by atoms with Crippen molar-refractivity contribution in [2.45, 2.75) is 127 Å². The van der Waals surface area contributed by atoms with E-state index in [1.165, 1.54) is 60.5 Å². The number of amides is 2. The van der Waals surface area contributed by atoms with Crippen LogP contribution >= 0.6 is 31.9 Å². The average molecular weight is 894 g/mol. The number of hydrogen-bond donors (Lipinski definition) is 1. The zero-order chi connectivity index (χ0) is 39.7. The summed E-state index contributed by atoms with van der Waals surface area (Å²) in [5, 5.41) is 27.2. The lowest BCUT2D eigenvalue weighted by atomic mass is 9.89. The number of piperidine rings is 2. The van der Waals surface area contributed by atoms with E-state index in [1.807, 2.05) is 12.1 Å². The van der Waals surface area contributed by atoms with Crippen molar-refractivity contribution in [1.29, 1.82) is 0 Å². The van der Waals surface area contributed by atoms with Crippen LogP contribution in [0.3, 0.4) is 0 Å². The molecule has 2 aromatic rings. The van der Waals surface area contributed by atoms with Crippen molar-refractivity contribution in [3.63, 3.8) is 0 Å². The first kappa shape index (κ1) is 46.6. The van der Waals surface area contributed by atoms with Crippen LogP contribution in [0.1, 0.15) is 139 Å². The molecule has 3 aliphatic rings. The molecule has 0 aliphatic carbocycles. The molecule has 0 atom stereocenters. The van der Waals surface area contributed by atoms with Gasteiger partial charge in [-0.25, -0.2) is 0 Å². The number of nitrogens with zero attached hydrogens (tertiary/aromatic N) is 4. The number of nitro benzene ring substituents is 2. The Hall–Kier alpha value is -2.74. The van der Waals surface area contributed by atoms with E-state index in [-0.39, 0.29) is 33.0 Å². The number of rotatable bonds is 18. The largest absolute Gasteiger partial charge is 0.317 e. The van der Waals surface area contributed by atoms with Gasteiger partial charge in [-0.2, -0.15) is 0 Å². The van der Waals surface area contributed by atoms with Gasteiger partial charge in [-0.05, 0) is 120 Å². The molecule has 11 nitrogen and oxygen atoms in total. The fourth-order valence-corrected chi connectivity index (χ4v) is 8.29.